The van der Waals surface area contributed by atoms with Crippen LogP contribution in [-0.4, -0.2) is 15.9 Å². The molecule has 0 unspecified atom stereocenters. The van der Waals surface area contributed by atoms with Crippen LogP contribution in [0.1, 0.15) is 5.56 Å². The fourth-order valence-corrected chi connectivity index (χ4v) is 1.39. The van der Waals surface area contributed by atoms with Gasteiger partial charge in [-0.3, -0.25) is 10.2 Å². The van der Waals surface area contributed by atoms with Gasteiger partial charge >= 0.3 is 0 Å². The van der Waals surface area contributed by atoms with Crippen LogP contribution in [0.4, 0.5) is 0 Å². The molecule has 0 atom stereocenters. The van der Waals surface area contributed by atoms with Crippen molar-refractivity contribution in [3.8, 4) is 0 Å². The summed E-state index contributed by atoms with van der Waals surface area (Å²) in [4.78, 5) is 18.2. The number of carbonyl (C=O) groups excluding carboxylic acids is 1. The molecule has 1 amide bonds. The van der Waals surface area contributed by atoms with E-state index in [4.69, 9.17) is 5.84 Å². The summed E-state index contributed by atoms with van der Waals surface area (Å²) in [6, 6.07) is 5.64. The lowest BCUT2D eigenvalue weighted by Crippen LogP contribution is -2.31. The number of imidazole rings is 1. The smallest absolute Gasteiger partial charge is 0.238 e. The van der Waals surface area contributed by atoms with Crippen molar-refractivity contribution in [2.45, 2.75) is 6.42 Å². The number of H-pyrrole nitrogens is 1. The fraction of sp³-hybridized carbons (Fsp3) is 0.111. The van der Waals surface area contributed by atoms with Crippen molar-refractivity contribution in [3.63, 3.8) is 0 Å². The third kappa shape index (κ3) is 1.45. The SMILES string of the molecule is NNC(=O)Cc1cccc2[nH]cnc12. The van der Waals surface area contributed by atoms with Gasteiger partial charge in [-0.2, -0.15) is 0 Å². The van der Waals surface area contributed by atoms with Crippen LogP contribution >= 0.6 is 0 Å². The Balaban J connectivity index is 2.41. The number of aromatic nitrogens is 2. The number of benzene rings is 1. The molecule has 0 spiro atoms. The maximum Gasteiger partial charge on any atom is 0.238 e. The highest BCUT2D eigenvalue weighted by molar-refractivity contribution is 5.85. The molecule has 5 nitrogen and oxygen atoms in total. The Labute approximate surface area is 80.3 Å². The number of amides is 1. The van der Waals surface area contributed by atoms with Gasteiger partial charge in [-0.15, -0.1) is 0 Å². The zero-order valence-corrected chi connectivity index (χ0v) is 7.45. The standard InChI is InChI=1S/C9H10N4O/c10-13-8(14)4-6-2-1-3-7-9(6)12-5-11-7/h1-3,5H,4,10H2,(H,11,12)(H,13,14). The third-order valence-electron chi connectivity index (χ3n) is 2.05. The van der Waals surface area contributed by atoms with Gasteiger partial charge in [0.1, 0.15) is 0 Å². The van der Waals surface area contributed by atoms with Gasteiger partial charge in [-0.05, 0) is 11.6 Å². The molecule has 0 bridgehead atoms. The van der Waals surface area contributed by atoms with Crippen LogP contribution in [0.2, 0.25) is 0 Å². The Kier molecular flexibility index (Phi) is 2.16. The molecule has 72 valence electrons. The maximum absolute atomic E-state index is 11.1. The van der Waals surface area contributed by atoms with Crippen LogP contribution in [0.3, 0.4) is 0 Å². The largest absolute Gasteiger partial charge is 0.345 e. The molecule has 2 aromatic rings. The number of nitrogens with zero attached hydrogens (tertiary/aromatic N) is 1. The van der Waals surface area contributed by atoms with Crippen LogP contribution in [0.25, 0.3) is 11.0 Å². The first-order valence-electron chi connectivity index (χ1n) is 4.21. The number of hydrogen-bond acceptors (Lipinski definition) is 3. The molecule has 0 radical (unpaired) electrons. The lowest BCUT2D eigenvalue weighted by Gasteiger charge is -2.00. The molecule has 14 heavy (non-hydrogen) atoms. The van der Waals surface area contributed by atoms with Gasteiger partial charge in [0.25, 0.3) is 0 Å². The summed E-state index contributed by atoms with van der Waals surface area (Å²) in [5, 5.41) is 0. The Morgan fingerprint density at radius 3 is 3.21 bits per heavy atom. The van der Waals surface area contributed by atoms with E-state index in [0.717, 1.165) is 16.6 Å². The molecule has 1 aromatic carbocycles. The summed E-state index contributed by atoms with van der Waals surface area (Å²) < 4.78 is 0. The van der Waals surface area contributed by atoms with E-state index in [2.05, 4.69) is 15.4 Å². The minimum absolute atomic E-state index is 0.222. The van der Waals surface area contributed by atoms with Gasteiger partial charge in [0.2, 0.25) is 5.91 Å². The highest BCUT2D eigenvalue weighted by Crippen LogP contribution is 2.14. The Bertz CT molecular complexity index is 463. The van der Waals surface area contributed by atoms with Gasteiger partial charge in [0, 0.05) is 0 Å². The number of carbonyl (C=O) groups is 1. The van der Waals surface area contributed by atoms with Gasteiger partial charge in [0.15, 0.2) is 0 Å². The van der Waals surface area contributed by atoms with Crippen molar-refractivity contribution in [1.82, 2.24) is 15.4 Å². The normalized spacial score (nSPS) is 10.4. The van der Waals surface area contributed by atoms with Crippen molar-refractivity contribution in [2.24, 2.45) is 5.84 Å². The van der Waals surface area contributed by atoms with Gasteiger partial charge in [0.05, 0.1) is 23.8 Å². The number of fused-ring (bicyclic) bond motifs is 1. The number of hydrogen-bond donors (Lipinski definition) is 3. The van der Waals surface area contributed by atoms with Crippen LogP contribution in [0.15, 0.2) is 24.5 Å². The van der Waals surface area contributed by atoms with Crippen molar-refractivity contribution in [3.05, 3.63) is 30.1 Å². The predicted molar refractivity (Wildman–Crippen MR) is 52.1 cm³/mol. The number of nitrogens with two attached hydrogens (primary N) is 1. The molecule has 5 heteroatoms. The van der Waals surface area contributed by atoms with Crippen molar-refractivity contribution in [1.29, 1.82) is 0 Å². The predicted octanol–water partition coefficient (Wildman–Crippen LogP) is 0.0953. The molecule has 2 rings (SSSR count). The second kappa shape index (κ2) is 3.47. The van der Waals surface area contributed by atoms with Crippen molar-refractivity contribution < 1.29 is 4.79 Å². The Hall–Kier alpha value is -1.88. The van der Waals surface area contributed by atoms with E-state index in [1.807, 2.05) is 18.2 Å². The maximum atomic E-state index is 11.1. The van der Waals surface area contributed by atoms with Crippen LogP contribution in [0.5, 0.6) is 0 Å². The third-order valence-corrected chi connectivity index (χ3v) is 2.05. The molecule has 0 aliphatic heterocycles. The average molecular weight is 190 g/mol. The van der Waals surface area contributed by atoms with Gasteiger partial charge in [-0.1, -0.05) is 12.1 Å². The lowest BCUT2D eigenvalue weighted by atomic mass is 10.1. The Morgan fingerprint density at radius 1 is 1.57 bits per heavy atom. The summed E-state index contributed by atoms with van der Waals surface area (Å²) >= 11 is 0. The highest BCUT2D eigenvalue weighted by atomic mass is 16.2. The summed E-state index contributed by atoms with van der Waals surface area (Å²) in [6.07, 6.45) is 1.85. The zero-order valence-electron chi connectivity index (χ0n) is 7.45. The summed E-state index contributed by atoms with van der Waals surface area (Å²) in [7, 11) is 0. The van der Waals surface area contributed by atoms with E-state index in [1.54, 1.807) is 6.33 Å². The summed E-state index contributed by atoms with van der Waals surface area (Å²) in [6.45, 7) is 0. The minimum Gasteiger partial charge on any atom is -0.345 e. The van der Waals surface area contributed by atoms with Gasteiger partial charge < -0.3 is 4.98 Å². The van der Waals surface area contributed by atoms with E-state index in [1.165, 1.54) is 0 Å². The van der Waals surface area contributed by atoms with Gasteiger partial charge in [-0.25, -0.2) is 10.8 Å². The minimum atomic E-state index is -0.222. The monoisotopic (exact) mass is 190 g/mol. The average Bonchev–Trinajstić information content (AvgIpc) is 2.66. The first-order valence-corrected chi connectivity index (χ1v) is 4.21. The van der Waals surface area contributed by atoms with E-state index in [-0.39, 0.29) is 12.3 Å². The summed E-state index contributed by atoms with van der Waals surface area (Å²) in [5.74, 6) is 4.79. The fourth-order valence-electron chi connectivity index (χ4n) is 1.39. The number of hydrazine groups is 1. The number of para-hydroxylation sites is 1. The van der Waals surface area contributed by atoms with E-state index < -0.39 is 0 Å². The highest BCUT2D eigenvalue weighted by Gasteiger charge is 2.06. The number of nitrogens with one attached hydrogen (secondary N) is 2. The van der Waals surface area contributed by atoms with Crippen LogP contribution < -0.4 is 11.3 Å². The molecular weight excluding hydrogens is 180 g/mol. The van der Waals surface area contributed by atoms with E-state index >= 15 is 0 Å². The quantitative estimate of drug-likeness (QED) is 0.356. The molecule has 4 N–H and O–H groups in total. The molecule has 1 aromatic heterocycles. The molecule has 0 fully saturated rings. The molecular formula is C9H10N4O. The van der Waals surface area contributed by atoms with Crippen molar-refractivity contribution >= 4 is 16.9 Å². The van der Waals surface area contributed by atoms with Crippen LogP contribution in [0, 0.1) is 0 Å². The van der Waals surface area contributed by atoms with E-state index in [0.29, 0.717) is 0 Å². The Morgan fingerprint density at radius 2 is 2.43 bits per heavy atom. The van der Waals surface area contributed by atoms with E-state index in [9.17, 15) is 4.79 Å². The number of aromatic amines is 1. The van der Waals surface area contributed by atoms with Crippen LogP contribution in [-0.2, 0) is 11.2 Å². The summed E-state index contributed by atoms with van der Waals surface area (Å²) in [5.41, 5.74) is 4.70. The first-order chi connectivity index (χ1) is 6.81. The lowest BCUT2D eigenvalue weighted by molar-refractivity contribution is -0.120. The molecule has 0 aliphatic carbocycles. The molecule has 1 heterocycles. The second-order valence-corrected chi connectivity index (χ2v) is 2.96. The molecule has 0 saturated carbocycles. The molecule has 0 aliphatic rings. The number of rotatable bonds is 2. The zero-order chi connectivity index (χ0) is 9.97. The molecule has 0 saturated heterocycles. The van der Waals surface area contributed by atoms with Crippen molar-refractivity contribution in [2.75, 3.05) is 0 Å². The topological polar surface area (TPSA) is 83.8 Å². The first kappa shape index (κ1) is 8.71. The second-order valence-electron chi connectivity index (χ2n) is 2.96.